The number of hydrogen-bond acceptors (Lipinski definition) is 4. The Labute approximate surface area is 108 Å². The van der Waals surface area contributed by atoms with Gasteiger partial charge in [-0.05, 0) is 25.5 Å². The summed E-state index contributed by atoms with van der Waals surface area (Å²) in [7, 11) is 1.97. The van der Waals surface area contributed by atoms with E-state index in [9.17, 15) is 4.79 Å². The topological polar surface area (TPSA) is 50.4 Å². The van der Waals surface area contributed by atoms with Crippen LogP contribution in [0.2, 0.25) is 0 Å². The summed E-state index contributed by atoms with van der Waals surface area (Å²) in [5, 5.41) is 6.41. The van der Waals surface area contributed by atoms with Crippen LogP contribution in [0.5, 0.6) is 0 Å². The summed E-state index contributed by atoms with van der Waals surface area (Å²) in [4.78, 5) is 11.5. The minimum absolute atomic E-state index is 0.188. The molecule has 0 heterocycles. The molecule has 2 rings (SSSR count). The molecule has 18 heavy (non-hydrogen) atoms. The van der Waals surface area contributed by atoms with Gasteiger partial charge in [0.15, 0.2) is 0 Å². The number of ether oxygens (including phenoxy) is 1. The van der Waals surface area contributed by atoms with Crippen LogP contribution in [0, 0.1) is 0 Å². The SMILES string of the molecule is CN[C@H]1C[C@@H](NCC(=O)OCc2ccccc2)C1. The summed E-state index contributed by atoms with van der Waals surface area (Å²) < 4.78 is 5.18. The molecule has 0 aliphatic heterocycles. The molecule has 1 saturated carbocycles. The molecule has 0 atom stereocenters. The lowest BCUT2D eigenvalue weighted by Crippen LogP contribution is -2.50. The van der Waals surface area contributed by atoms with Gasteiger partial charge >= 0.3 is 5.97 Å². The molecule has 4 nitrogen and oxygen atoms in total. The number of carbonyl (C=O) groups excluding carboxylic acids is 1. The highest BCUT2D eigenvalue weighted by molar-refractivity contribution is 5.71. The monoisotopic (exact) mass is 248 g/mol. The average Bonchev–Trinajstić information content (AvgIpc) is 2.36. The van der Waals surface area contributed by atoms with Crippen LogP contribution in [0.15, 0.2) is 30.3 Å². The van der Waals surface area contributed by atoms with Gasteiger partial charge in [0.25, 0.3) is 0 Å². The maximum Gasteiger partial charge on any atom is 0.320 e. The Morgan fingerprint density at radius 3 is 2.67 bits per heavy atom. The van der Waals surface area contributed by atoms with Crippen LogP contribution >= 0.6 is 0 Å². The van der Waals surface area contributed by atoms with Crippen molar-refractivity contribution in [2.45, 2.75) is 31.5 Å². The Balaban J connectivity index is 1.59. The normalized spacial score (nSPS) is 22.3. The number of nitrogens with one attached hydrogen (secondary N) is 2. The summed E-state index contributed by atoms with van der Waals surface area (Å²) in [5.74, 6) is -0.188. The summed E-state index contributed by atoms with van der Waals surface area (Å²) in [6, 6.07) is 10.8. The van der Waals surface area contributed by atoms with Crippen molar-refractivity contribution < 1.29 is 9.53 Å². The molecule has 1 aliphatic rings. The second kappa shape index (κ2) is 6.52. The molecule has 0 amide bonds. The molecule has 98 valence electrons. The van der Waals surface area contributed by atoms with Gasteiger partial charge in [-0.3, -0.25) is 4.79 Å². The van der Waals surface area contributed by atoms with Crippen LogP contribution in [0.4, 0.5) is 0 Å². The Hall–Kier alpha value is -1.39. The van der Waals surface area contributed by atoms with Crippen LogP contribution in [-0.2, 0) is 16.1 Å². The number of esters is 1. The lowest BCUT2D eigenvalue weighted by atomic mass is 9.87. The molecule has 1 aromatic rings. The van der Waals surface area contributed by atoms with Crippen LogP contribution in [0.3, 0.4) is 0 Å². The Morgan fingerprint density at radius 2 is 2.00 bits per heavy atom. The fourth-order valence-electron chi connectivity index (χ4n) is 2.04. The van der Waals surface area contributed by atoms with E-state index in [4.69, 9.17) is 4.74 Å². The maximum absolute atomic E-state index is 11.5. The third-order valence-corrected chi connectivity index (χ3v) is 3.32. The summed E-state index contributed by atoms with van der Waals surface area (Å²) in [6.07, 6.45) is 2.17. The molecule has 0 bridgehead atoms. The van der Waals surface area contributed by atoms with Gasteiger partial charge in [0, 0.05) is 12.1 Å². The average molecular weight is 248 g/mol. The first kappa shape index (κ1) is 13.1. The molecule has 1 aromatic carbocycles. The van der Waals surface area contributed by atoms with E-state index in [1.54, 1.807) is 0 Å². The molecule has 0 saturated heterocycles. The van der Waals surface area contributed by atoms with Gasteiger partial charge in [0.05, 0.1) is 6.54 Å². The molecule has 0 radical (unpaired) electrons. The largest absolute Gasteiger partial charge is 0.460 e. The summed E-state index contributed by atoms with van der Waals surface area (Å²) in [6.45, 7) is 0.652. The molecule has 4 heteroatoms. The van der Waals surface area contributed by atoms with Gasteiger partial charge in [-0.15, -0.1) is 0 Å². The van der Waals surface area contributed by atoms with E-state index in [0.717, 1.165) is 18.4 Å². The van der Waals surface area contributed by atoms with Crippen molar-refractivity contribution in [2.75, 3.05) is 13.6 Å². The first-order valence-corrected chi connectivity index (χ1v) is 6.38. The minimum atomic E-state index is -0.188. The van der Waals surface area contributed by atoms with E-state index in [1.165, 1.54) is 0 Å². The van der Waals surface area contributed by atoms with E-state index in [1.807, 2.05) is 37.4 Å². The zero-order valence-electron chi connectivity index (χ0n) is 10.7. The van der Waals surface area contributed by atoms with Crippen LogP contribution in [0.25, 0.3) is 0 Å². The lowest BCUT2D eigenvalue weighted by Gasteiger charge is -2.35. The van der Waals surface area contributed by atoms with Gasteiger partial charge in [-0.1, -0.05) is 30.3 Å². The quantitative estimate of drug-likeness (QED) is 0.739. The Kier molecular flexibility index (Phi) is 4.73. The van der Waals surface area contributed by atoms with Crippen LogP contribution in [-0.4, -0.2) is 31.6 Å². The predicted molar refractivity (Wildman–Crippen MR) is 70.1 cm³/mol. The summed E-state index contributed by atoms with van der Waals surface area (Å²) >= 11 is 0. The van der Waals surface area contributed by atoms with Crippen molar-refractivity contribution in [2.24, 2.45) is 0 Å². The van der Waals surface area contributed by atoms with Crippen molar-refractivity contribution in [3.8, 4) is 0 Å². The van der Waals surface area contributed by atoms with Gasteiger partial charge in [0.2, 0.25) is 0 Å². The van der Waals surface area contributed by atoms with Crippen molar-refractivity contribution in [1.82, 2.24) is 10.6 Å². The molecular formula is C14H20N2O2. The number of benzene rings is 1. The van der Waals surface area contributed by atoms with Crippen molar-refractivity contribution >= 4 is 5.97 Å². The fourth-order valence-corrected chi connectivity index (χ4v) is 2.04. The molecular weight excluding hydrogens is 228 g/mol. The van der Waals surface area contributed by atoms with Crippen LogP contribution in [0.1, 0.15) is 18.4 Å². The minimum Gasteiger partial charge on any atom is -0.460 e. The molecule has 0 spiro atoms. The Morgan fingerprint density at radius 1 is 1.28 bits per heavy atom. The lowest BCUT2D eigenvalue weighted by molar-refractivity contribution is -0.144. The highest BCUT2D eigenvalue weighted by Crippen LogP contribution is 2.18. The molecule has 2 N–H and O–H groups in total. The predicted octanol–water partition coefficient (Wildman–Crippen LogP) is 1.07. The molecule has 1 fully saturated rings. The van der Waals surface area contributed by atoms with Crippen molar-refractivity contribution in [1.29, 1.82) is 0 Å². The third-order valence-electron chi connectivity index (χ3n) is 3.32. The molecule has 0 aromatic heterocycles. The highest BCUT2D eigenvalue weighted by Gasteiger charge is 2.27. The van der Waals surface area contributed by atoms with Crippen LogP contribution < -0.4 is 10.6 Å². The second-order valence-corrected chi connectivity index (χ2v) is 4.68. The van der Waals surface area contributed by atoms with E-state index >= 15 is 0 Å². The van der Waals surface area contributed by atoms with E-state index < -0.39 is 0 Å². The maximum atomic E-state index is 11.5. The highest BCUT2D eigenvalue weighted by atomic mass is 16.5. The van der Waals surface area contributed by atoms with E-state index in [0.29, 0.717) is 25.2 Å². The van der Waals surface area contributed by atoms with E-state index in [2.05, 4.69) is 10.6 Å². The zero-order chi connectivity index (χ0) is 12.8. The zero-order valence-corrected chi connectivity index (χ0v) is 10.7. The molecule has 0 unspecified atom stereocenters. The van der Waals surface area contributed by atoms with Crippen molar-refractivity contribution in [3.05, 3.63) is 35.9 Å². The second-order valence-electron chi connectivity index (χ2n) is 4.68. The Bertz CT molecular complexity index is 375. The van der Waals surface area contributed by atoms with Gasteiger partial charge in [-0.2, -0.15) is 0 Å². The van der Waals surface area contributed by atoms with Crippen molar-refractivity contribution in [3.63, 3.8) is 0 Å². The first-order valence-electron chi connectivity index (χ1n) is 6.38. The number of rotatable bonds is 6. The van der Waals surface area contributed by atoms with E-state index in [-0.39, 0.29) is 5.97 Å². The summed E-state index contributed by atoms with van der Waals surface area (Å²) in [5.41, 5.74) is 1.02. The van der Waals surface area contributed by atoms with Gasteiger partial charge < -0.3 is 15.4 Å². The standard InChI is InChI=1S/C14H20N2O2/c1-15-12-7-13(8-12)16-9-14(17)18-10-11-5-3-2-4-6-11/h2-6,12-13,15-16H,7-10H2,1H3/t12-,13+. The number of hydrogen-bond donors (Lipinski definition) is 2. The van der Waals surface area contributed by atoms with Gasteiger partial charge in [-0.25, -0.2) is 0 Å². The smallest absolute Gasteiger partial charge is 0.320 e. The third kappa shape index (κ3) is 3.82. The fraction of sp³-hybridized carbons (Fsp3) is 0.500. The first-order chi connectivity index (χ1) is 8.78. The number of carbonyl (C=O) groups is 1. The van der Waals surface area contributed by atoms with Gasteiger partial charge in [0.1, 0.15) is 6.61 Å². The molecule has 1 aliphatic carbocycles.